The molecule has 7 heteroatoms. The van der Waals surface area contributed by atoms with Gasteiger partial charge in [0.25, 0.3) is 0 Å². The van der Waals surface area contributed by atoms with Crippen LogP contribution < -0.4 is 11.1 Å². The minimum Gasteiger partial charge on any atom is -0.399 e. The van der Waals surface area contributed by atoms with Crippen LogP contribution in [0.3, 0.4) is 0 Å². The molecule has 0 aliphatic heterocycles. The van der Waals surface area contributed by atoms with Crippen molar-refractivity contribution in [2.24, 2.45) is 0 Å². The third kappa shape index (κ3) is 4.49. The third-order valence-corrected chi connectivity index (χ3v) is 5.40. The summed E-state index contributed by atoms with van der Waals surface area (Å²) in [5, 5.41) is 14.0. The molecule has 1 aromatic carbocycles. The van der Waals surface area contributed by atoms with Gasteiger partial charge in [-0.1, -0.05) is 0 Å². The minimum absolute atomic E-state index is 0.0898. The highest BCUT2D eigenvalue weighted by Gasteiger charge is 2.09. The van der Waals surface area contributed by atoms with Crippen LogP contribution in [0.5, 0.6) is 0 Å². The fourth-order valence-corrected chi connectivity index (χ4v) is 3.93. The zero-order chi connectivity index (χ0) is 15.2. The highest BCUT2D eigenvalue weighted by atomic mass is 79.9. The van der Waals surface area contributed by atoms with Crippen molar-refractivity contribution in [3.63, 3.8) is 0 Å². The van der Waals surface area contributed by atoms with Crippen LogP contribution in [0.25, 0.3) is 0 Å². The van der Waals surface area contributed by atoms with Crippen molar-refractivity contribution in [1.29, 1.82) is 5.26 Å². The van der Waals surface area contributed by atoms with E-state index in [0.29, 0.717) is 28.4 Å². The molecule has 0 aliphatic carbocycles. The van der Waals surface area contributed by atoms with Crippen molar-refractivity contribution in [2.75, 3.05) is 16.8 Å². The predicted molar refractivity (Wildman–Crippen MR) is 91.6 cm³/mol. The molecule has 0 unspecified atom stereocenters. The first kappa shape index (κ1) is 15.9. The second kappa shape index (κ2) is 7.50. The second-order valence-corrected chi connectivity index (χ2v) is 7.02. The summed E-state index contributed by atoms with van der Waals surface area (Å²) in [5.74, 6) is 0.565. The van der Waals surface area contributed by atoms with Crippen molar-refractivity contribution >= 4 is 55.6 Å². The van der Waals surface area contributed by atoms with Gasteiger partial charge in [0, 0.05) is 27.2 Å². The first-order valence-corrected chi connectivity index (χ1v) is 8.71. The van der Waals surface area contributed by atoms with Crippen LogP contribution in [0.2, 0.25) is 0 Å². The monoisotopic (exact) mass is 381 g/mol. The number of anilines is 2. The van der Waals surface area contributed by atoms with Gasteiger partial charge in [0.2, 0.25) is 5.91 Å². The SMILES string of the molecule is N#Cc1ccsc1NC(=O)CCSc1ccc(N)cc1Br. The quantitative estimate of drug-likeness (QED) is 0.603. The van der Waals surface area contributed by atoms with Crippen LogP contribution in [-0.4, -0.2) is 11.7 Å². The van der Waals surface area contributed by atoms with E-state index in [1.54, 1.807) is 23.2 Å². The van der Waals surface area contributed by atoms with Crippen molar-refractivity contribution in [3.05, 3.63) is 39.7 Å². The molecule has 2 aromatic rings. The van der Waals surface area contributed by atoms with Gasteiger partial charge in [0.05, 0.1) is 5.56 Å². The molecule has 1 heterocycles. The van der Waals surface area contributed by atoms with E-state index in [2.05, 4.69) is 21.2 Å². The lowest BCUT2D eigenvalue weighted by molar-refractivity contribution is -0.115. The Morgan fingerprint density at radius 3 is 3.00 bits per heavy atom. The highest BCUT2D eigenvalue weighted by Crippen LogP contribution is 2.29. The number of nitrogens with zero attached hydrogens (tertiary/aromatic N) is 1. The molecular weight excluding hydrogens is 370 g/mol. The van der Waals surface area contributed by atoms with Crippen LogP contribution >= 0.6 is 39.0 Å². The molecule has 4 nitrogen and oxygen atoms in total. The molecule has 21 heavy (non-hydrogen) atoms. The number of hydrogen-bond acceptors (Lipinski definition) is 5. The fourth-order valence-electron chi connectivity index (χ4n) is 1.57. The number of nitrogens with two attached hydrogens (primary N) is 1. The number of amides is 1. The van der Waals surface area contributed by atoms with Gasteiger partial charge in [-0.3, -0.25) is 4.79 Å². The van der Waals surface area contributed by atoms with Crippen molar-refractivity contribution in [2.45, 2.75) is 11.3 Å². The number of halogens is 1. The van der Waals surface area contributed by atoms with E-state index in [0.717, 1.165) is 9.37 Å². The number of carbonyl (C=O) groups is 1. The van der Waals surface area contributed by atoms with Crippen LogP contribution in [0.4, 0.5) is 10.7 Å². The summed E-state index contributed by atoms with van der Waals surface area (Å²) >= 11 is 6.38. The maximum atomic E-state index is 11.8. The minimum atomic E-state index is -0.0898. The van der Waals surface area contributed by atoms with E-state index in [4.69, 9.17) is 11.0 Å². The third-order valence-electron chi connectivity index (χ3n) is 2.58. The van der Waals surface area contributed by atoms with E-state index >= 15 is 0 Å². The number of hydrogen-bond donors (Lipinski definition) is 2. The Morgan fingerprint density at radius 1 is 1.48 bits per heavy atom. The second-order valence-electron chi connectivity index (χ2n) is 4.11. The molecule has 0 radical (unpaired) electrons. The van der Waals surface area contributed by atoms with Crippen LogP contribution in [0, 0.1) is 11.3 Å². The normalized spacial score (nSPS) is 10.1. The zero-order valence-corrected chi connectivity index (χ0v) is 14.1. The number of thioether (sulfide) groups is 1. The van der Waals surface area contributed by atoms with Crippen molar-refractivity contribution < 1.29 is 4.79 Å². The molecule has 1 amide bonds. The number of rotatable bonds is 5. The van der Waals surface area contributed by atoms with E-state index in [1.807, 2.05) is 24.3 Å². The maximum Gasteiger partial charge on any atom is 0.225 e. The van der Waals surface area contributed by atoms with Crippen LogP contribution in [0.1, 0.15) is 12.0 Å². The van der Waals surface area contributed by atoms with Crippen LogP contribution in [-0.2, 0) is 4.79 Å². The Balaban J connectivity index is 1.83. The molecule has 0 saturated carbocycles. The van der Waals surface area contributed by atoms with Gasteiger partial charge in [-0.25, -0.2) is 0 Å². The summed E-state index contributed by atoms with van der Waals surface area (Å²) in [4.78, 5) is 12.9. The largest absolute Gasteiger partial charge is 0.399 e. The standard InChI is InChI=1S/C14H12BrN3OS2/c15-11-7-10(17)1-2-12(11)20-6-4-13(19)18-14-9(8-16)3-5-21-14/h1-3,5,7H,4,6,17H2,(H,18,19). The molecule has 3 N–H and O–H groups in total. The Hall–Kier alpha value is -1.49. The number of carbonyl (C=O) groups excluding carboxylic acids is 1. The lowest BCUT2D eigenvalue weighted by atomic mass is 10.3. The molecular formula is C14H12BrN3OS2. The summed E-state index contributed by atoms with van der Waals surface area (Å²) in [6, 6.07) is 9.34. The average Bonchev–Trinajstić information content (AvgIpc) is 2.88. The molecule has 0 atom stereocenters. The first-order valence-electron chi connectivity index (χ1n) is 6.05. The molecule has 0 aliphatic rings. The van der Waals surface area contributed by atoms with Gasteiger partial charge >= 0.3 is 0 Å². The Kier molecular flexibility index (Phi) is 5.67. The van der Waals surface area contributed by atoms with Crippen molar-refractivity contribution in [1.82, 2.24) is 0 Å². The molecule has 2 rings (SSSR count). The van der Waals surface area contributed by atoms with E-state index in [1.165, 1.54) is 11.3 Å². The maximum absolute atomic E-state index is 11.8. The zero-order valence-electron chi connectivity index (χ0n) is 10.9. The summed E-state index contributed by atoms with van der Waals surface area (Å²) in [6.07, 6.45) is 0.379. The lowest BCUT2D eigenvalue weighted by Gasteiger charge is -2.06. The van der Waals surface area contributed by atoms with Gasteiger partial charge in [0.15, 0.2) is 0 Å². The Labute approximate surface area is 139 Å². The summed E-state index contributed by atoms with van der Waals surface area (Å²) < 4.78 is 0.929. The van der Waals surface area contributed by atoms with Gasteiger partial charge in [0.1, 0.15) is 11.1 Å². The Morgan fingerprint density at radius 2 is 2.29 bits per heavy atom. The fraction of sp³-hybridized carbons (Fsp3) is 0.143. The highest BCUT2D eigenvalue weighted by molar-refractivity contribution is 9.10. The van der Waals surface area contributed by atoms with Gasteiger partial charge in [-0.15, -0.1) is 23.1 Å². The number of nitrogens with one attached hydrogen (secondary N) is 1. The van der Waals surface area contributed by atoms with Crippen molar-refractivity contribution in [3.8, 4) is 6.07 Å². The molecule has 1 aromatic heterocycles. The Bertz CT molecular complexity index is 694. The summed E-state index contributed by atoms with van der Waals surface area (Å²) in [6.45, 7) is 0. The molecule has 0 saturated heterocycles. The summed E-state index contributed by atoms with van der Waals surface area (Å²) in [5.41, 5.74) is 6.88. The molecule has 0 spiro atoms. The topological polar surface area (TPSA) is 78.9 Å². The predicted octanol–water partition coefficient (Wildman–Crippen LogP) is 4.09. The first-order chi connectivity index (χ1) is 10.1. The average molecular weight is 382 g/mol. The van der Waals surface area contributed by atoms with E-state index in [9.17, 15) is 4.79 Å². The number of thiophene rings is 1. The number of nitrogen functional groups attached to an aromatic ring is 1. The summed E-state index contributed by atoms with van der Waals surface area (Å²) in [7, 11) is 0. The van der Waals surface area contributed by atoms with Gasteiger partial charge < -0.3 is 11.1 Å². The smallest absolute Gasteiger partial charge is 0.225 e. The molecule has 0 fully saturated rings. The van der Waals surface area contributed by atoms with E-state index in [-0.39, 0.29) is 5.91 Å². The van der Waals surface area contributed by atoms with Gasteiger partial charge in [-0.2, -0.15) is 5.26 Å². The molecule has 0 bridgehead atoms. The molecule has 108 valence electrons. The number of benzene rings is 1. The van der Waals surface area contributed by atoms with E-state index < -0.39 is 0 Å². The van der Waals surface area contributed by atoms with Gasteiger partial charge in [-0.05, 0) is 45.6 Å². The van der Waals surface area contributed by atoms with Crippen LogP contribution in [0.15, 0.2) is 39.0 Å². The lowest BCUT2D eigenvalue weighted by Crippen LogP contribution is -2.11. The number of nitriles is 1.